The molecular formula is C25H22N6S. The van der Waals surface area contributed by atoms with E-state index in [1.807, 2.05) is 42.5 Å². The first-order valence-electron chi connectivity index (χ1n) is 10.3. The summed E-state index contributed by atoms with van der Waals surface area (Å²) in [6, 6.07) is 26.6. The van der Waals surface area contributed by atoms with Gasteiger partial charge in [0.2, 0.25) is 0 Å². The van der Waals surface area contributed by atoms with Crippen LogP contribution in [0.4, 0.5) is 22.5 Å². The largest absolute Gasteiger partial charge is 0.393 e. The van der Waals surface area contributed by atoms with Crippen LogP contribution < -0.4 is 16.4 Å². The van der Waals surface area contributed by atoms with Crippen molar-refractivity contribution in [2.75, 3.05) is 16.4 Å². The molecule has 5 aromatic rings. The summed E-state index contributed by atoms with van der Waals surface area (Å²) < 4.78 is 1.12. The lowest BCUT2D eigenvalue weighted by Crippen LogP contribution is -2.15. The number of aryl methyl sites for hydroxylation is 1. The van der Waals surface area contributed by atoms with Crippen molar-refractivity contribution in [2.45, 2.75) is 13.0 Å². The highest BCUT2D eigenvalue weighted by Crippen LogP contribution is 2.34. The van der Waals surface area contributed by atoms with Gasteiger partial charge >= 0.3 is 0 Å². The van der Waals surface area contributed by atoms with Crippen molar-refractivity contribution in [1.82, 2.24) is 15.0 Å². The van der Waals surface area contributed by atoms with Gasteiger partial charge in [-0.2, -0.15) is 0 Å². The van der Waals surface area contributed by atoms with Crippen LogP contribution in [0.1, 0.15) is 22.7 Å². The van der Waals surface area contributed by atoms with E-state index in [0.29, 0.717) is 17.3 Å². The predicted octanol–water partition coefficient (Wildman–Crippen LogP) is 5.92. The molecule has 0 fully saturated rings. The molecule has 2 aromatic heterocycles. The molecule has 2 heterocycles. The summed E-state index contributed by atoms with van der Waals surface area (Å²) in [5.74, 6) is 1.09. The molecule has 4 N–H and O–H groups in total. The zero-order chi connectivity index (χ0) is 21.9. The van der Waals surface area contributed by atoms with Crippen molar-refractivity contribution in [3.05, 3.63) is 102 Å². The minimum Gasteiger partial charge on any atom is -0.393 e. The molecule has 0 aliphatic carbocycles. The molecule has 6 nitrogen and oxygen atoms in total. The van der Waals surface area contributed by atoms with Crippen molar-refractivity contribution in [3.63, 3.8) is 0 Å². The number of benzene rings is 3. The number of nitrogens with zero attached hydrogens (tertiary/aromatic N) is 3. The van der Waals surface area contributed by atoms with Crippen molar-refractivity contribution in [3.8, 4) is 0 Å². The van der Waals surface area contributed by atoms with E-state index in [1.54, 1.807) is 11.3 Å². The average molecular weight is 439 g/mol. The van der Waals surface area contributed by atoms with Gasteiger partial charge in [0, 0.05) is 0 Å². The molecule has 3 aromatic carbocycles. The maximum absolute atomic E-state index is 6.48. The lowest BCUT2D eigenvalue weighted by atomic mass is 9.99. The topological polar surface area (TPSA) is 88.8 Å². The number of thiazole rings is 1. The van der Waals surface area contributed by atoms with Gasteiger partial charge in [0.15, 0.2) is 16.8 Å². The van der Waals surface area contributed by atoms with Gasteiger partial charge in [-0.3, -0.25) is 0 Å². The normalized spacial score (nSPS) is 11.1. The van der Waals surface area contributed by atoms with Crippen molar-refractivity contribution < 1.29 is 0 Å². The molecule has 0 spiro atoms. The van der Waals surface area contributed by atoms with E-state index in [1.165, 1.54) is 11.9 Å². The fourth-order valence-corrected chi connectivity index (χ4v) is 4.55. The Morgan fingerprint density at radius 3 is 2.19 bits per heavy atom. The fourth-order valence-electron chi connectivity index (χ4n) is 3.58. The fraction of sp³-hybridized carbons (Fsp3) is 0.0800. The zero-order valence-electron chi connectivity index (χ0n) is 17.5. The number of nitrogens with one attached hydrogen (secondary N) is 2. The monoisotopic (exact) mass is 438 g/mol. The summed E-state index contributed by atoms with van der Waals surface area (Å²) in [6.45, 7) is 2.07. The van der Waals surface area contributed by atoms with Gasteiger partial charge in [-0.05, 0) is 35.7 Å². The third-order valence-corrected chi connectivity index (χ3v) is 6.13. The van der Waals surface area contributed by atoms with E-state index in [2.05, 4.69) is 68.9 Å². The standard InChI is InChI=1S/C25H22N6S/c1-16-12-13-19-20(14-16)32-25(29-19)31-24-21(26)23(27-15-28-24)30-22(17-8-4-2-5-9-17)18-10-6-3-7-11-18/h2-15,22H,26H2,1H3,(H2,27,28,29,30,31). The van der Waals surface area contributed by atoms with E-state index in [-0.39, 0.29) is 6.04 Å². The van der Waals surface area contributed by atoms with Gasteiger partial charge < -0.3 is 16.4 Å². The summed E-state index contributed by atoms with van der Waals surface area (Å²) >= 11 is 1.57. The lowest BCUT2D eigenvalue weighted by molar-refractivity contribution is 0.924. The second-order valence-electron chi connectivity index (χ2n) is 7.50. The summed E-state index contributed by atoms with van der Waals surface area (Å²) in [5.41, 5.74) is 11.3. The maximum atomic E-state index is 6.48. The van der Waals surface area contributed by atoms with E-state index < -0.39 is 0 Å². The Morgan fingerprint density at radius 1 is 0.844 bits per heavy atom. The highest BCUT2D eigenvalue weighted by molar-refractivity contribution is 7.22. The first-order chi connectivity index (χ1) is 15.7. The maximum Gasteiger partial charge on any atom is 0.189 e. The molecular weight excluding hydrogens is 416 g/mol. The molecule has 0 atom stereocenters. The Labute approximate surface area is 190 Å². The number of aromatic nitrogens is 3. The second kappa shape index (κ2) is 8.64. The molecule has 0 saturated carbocycles. The SMILES string of the molecule is Cc1ccc2nc(Nc3ncnc(NC(c4ccccc4)c4ccccc4)c3N)sc2c1. The minimum absolute atomic E-state index is 0.104. The molecule has 0 radical (unpaired) electrons. The molecule has 7 heteroatoms. The molecule has 32 heavy (non-hydrogen) atoms. The Bertz CT molecular complexity index is 1310. The molecule has 0 aliphatic heterocycles. The van der Waals surface area contributed by atoms with Gasteiger partial charge in [-0.25, -0.2) is 15.0 Å². The summed E-state index contributed by atoms with van der Waals surface area (Å²) in [5, 5.41) is 7.51. The van der Waals surface area contributed by atoms with Crippen LogP contribution in [0.25, 0.3) is 10.2 Å². The molecule has 5 rings (SSSR count). The highest BCUT2D eigenvalue weighted by Gasteiger charge is 2.18. The second-order valence-corrected chi connectivity index (χ2v) is 8.53. The number of anilines is 4. The summed E-state index contributed by atoms with van der Waals surface area (Å²) in [7, 11) is 0. The molecule has 0 amide bonds. The van der Waals surface area contributed by atoms with Crippen molar-refractivity contribution in [2.24, 2.45) is 0 Å². The molecule has 158 valence electrons. The van der Waals surface area contributed by atoms with Gasteiger partial charge in [0.05, 0.1) is 16.3 Å². The van der Waals surface area contributed by atoms with Crippen molar-refractivity contribution >= 4 is 44.0 Å². The van der Waals surface area contributed by atoms with Gasteiger partial charge in [-0.15, -0.1) is 0 Å². The Hall–Kier alpha value is -3.97. The van der Waals surface area contributed by atoms with Crippen LogP contribution in [-0.2, 0) is 0 Å². The van der Waals surface area contributed by atoms with Crippen LogP contribution in [-0.4, -0.2) is 15.0 Å². The summed E-state index contributed by atoms with van der Waals surface area (Å²) in [4.78, 5) is 13.4. The van der Waals surface area contributed by atoms with Crippen LogP contribution in [0.5, 0.6) is 0 Å². The van der Waals surface area contributed by atoms with Crippen molar-refractivity contribution in [1.29, 1.82) is 0 Å². The van der Waals surface area contributed by atoms with Crippen LogP contribution >= 0.6 is 11.3 Å². The van der Waals surface area contributed by atoms with E-state index >= 15 is 0 Å². The third kappa shape index (κ3) is 4.10. The number of nitrogen functional groups attached to an aromatic ring is 1. The van der Waals surface area contributed by atoms with E-state index in [0.717, 1.165) is 26.5 Å². The van der Waals surface area contributed by atoms with E-state index in [9.17, 15) is 0 Å². The van der Waals surface area contributed by atoms with Crippen LogP contribution in [0, 0.1) is 6.92 Å². The van der Waals surface area contributed by atoms with Crippen LogP contribution in [0.2, 0.25) is 0 Å². The number of nitrogens with two attached hydrogens (primary N) is 1. The first kappa shape index (κ1) is 20.0. The minimum atomic E-state index is -0.104. The number of fused-ring (bicyclic) bond motifs is 1. The third-order valence-electron chi connectivity index (χ3n) is 5.20. The van der Waals surface area contributed by atoms with Gasteiger partial charge in [-0.1, -0.05) is 78.1 Å². The zero-order valence-corrected chi connectivity index (χ0v) is 18.3. The Balaban J connectivity index is 1.46. The quantitative estimate of drug-likeness (QED) is 0.305. The molecule has 0 aliphatic rings. The van der Waals surface area contributed by atoms with Gasteiger partial charge in [0.25, 0.3) is 0 Å². The number of hydrogen-bond acceptors (Lipinski definition) is 7. The molecule has 0 unspecified atom stereocenters. The number of hydrogen-bond donors (Lipinski definition) is 3. The van der Waals surface area contributed by atoms with Crippen LogP contribution in [0.3, 0.4) is 0 Å². The first-order valence-corrected chi connectivity index (χ1v) is 11.1. The molecule has 0 bridgehead atoms. The predicted molar refractivity (Wildman–Crippen MR) is 132 cm³/mol. The van der Waals surface area contributed by atoms with E-state index in [4.69, 9.17) is 5.73 Å². The summed E-state index contributed by atoms with van der Waals surface area (Å²) in [6.07, 6.45) is 1.51. The Morgan fingerprint density at radius 2 is 1.50 bits per heavy atom. The van der Waals surface area contributed by atoms with Gasteiger partial charge in [0.1, 0.15) is 12.0 Å². The molecule has 0 saturated heterocycles. The average Bonchev–Trinajstić information content (AvgIpc) is 3.22. The Kier molecular flexibility index (Phi) is 5.39. The van der Waals surface area contributed by atoms with Crippen LogP contribution in [0.15, 0.2) is 85.2 Å². The smallest absolute Gasteiger partial charge is 0.189 e. The number of rotatable bonds is 6. The lowest BCUT2D eigenvalue weighted by Gasteiger charge is -2.21. The highest BCUT2D eigenvalue weighted by atomic mass is 32.1.